The molecule has 0 saturated heterocycles. The molecular formula is C25H44O3Si. The molecule has 0 radical (unpaired) electrons. The molecule has 1 aromatic rings. The quantitative estimate of drug-likeness (QED) is 0.234. The molecule has 0 saturated carbocycles. The molecule has 0 amide bonds. The second kappa shape index (κ2) is 10.3. The molecule has 0 heterocycles. The molecule has 1 aromatic carbocycles. The second-order valence-corrected chi connectivity index (χ2v) is 15.4. The van der Waals surface area contributed by atoms with Crippen LogP contribution in [-0.4, -0.2) is 27.5 Å². The fraction of sp³-hybridized carbons (Fsp3) is 0.720. The molecule has 3 nitrogen and oxygen atoms in total. The Bertz CT molecular complexity index is 653. The predicted molar refractivity (Wildman–Crippen MR) is 127 cm³/mol. The van der Waals surface area contributed by atoms with Crippen LogP contribution >= 0.6 is 0 Å². The largest absolute Gasteiger partial charge is 0.462 e. The van der Waals surface area contributed by atoms with Gasteiger partial charge in [-0.3, -0.25) is 0 Å². The zero-order valence-corrected chi connectivity index (χ0v) is 21.7. The standard InChI is InChI=1S/C25H44O3Si/c1-17(2)20-15-21(18(3)4)23(22(16-20)19(5)6)24(26)27-13-12-14-28-29(10,11)25(7,8)9/h15-19H,12-14H2,1-11H3. The van der Waals surface area contributed by atoms with Crippen molar-refractivity contribution in [2.45, 2.75) is 105 Å². The van der Waals surface area contributed by atoms with Gasteiger partial charge in [0.15, 0.2) is 8.32 Å². The van der Waals surface area contributed by atoms with E-state index in [2.05, 4.69) is 87.5 Å². The number of benzene rings is 1. The number of hydrogen-bond donors (Lipinski definition) is 0. The van der Waals surface area contributed by atoms with E-state index in [-0.39, 0.29) is 22.8 Å². The van der Waals surface area contributed by atoms with Gasteiger partial charge in [-0.2, -0.15) is 0 Å². The third-order valence-corrected chi connectivity index (χ3v) is 10.7. The first-order chi connectivity index (χ1) is 13.2. The van der Waals surface area contributed by atoms with Crippen LogP contribution in [0.25, 0.3) is 0 Å². The topological polar surface area (TPSA) is 35.5 Å². The summed E-state index contributed by atoms with van der Waals surface area (Å²) in [6.45, 7) is 25.2. The maximum absolute atomic E-state index is 13.0. The van der Waals surface area contributed by atoms with Crippen LogP contribution in [0.3, 0.4) is 0 Å². The zero-order valence-electron chi connectivity index (χ0n) is 20.7. The predicted octanol–water partition coefficient (Wildman–Crippen LogP) is 7.63. The van der Waals surface area contributed by atoms with Gasteiger partial charge in [0.05, 0.1) is 12.2 Å². The third-order valence-electron chi connectivity index (χ3n) is 6.13. The molecule has 0 unspecified atom stereocenters. The highest BCUT2D eigenvalue weighted by molar-refractivity contribution is 6.74. The van der Waals surface area contributed by atoms with Gasteiger partial charge in [0.25, 0.3) is 0 Å². The van der Waals surface area contributed by atoms with Crippen molar-refractivity contribution in [1.82, 2.24) is 0 Å². The molecule has 0 aliphatic rings. The van der Waals surface area contributed by atoms with Gasteiger partial charge in [0, 0.05) is 13.0 Å². The summed E-state index contributed by atoms with van der Waals surface area (Å²) in [5.74, 6) is 0.786. The Hall–Kier alpha value is -1.13. The minimum absolute atomic E-state index is 0.194. The SMILES string of the molecule is CC(C)c1cc(C(C)C)c(C(=O)OCCCO[Si](C)(C)C(C)(C)C)c(C(C)C)c1. The first kappa shape index (κ1) is 25.9. The Labute approximate surface area is 180 Å². The van der Waals surface area contributed by atoms with Crippen molar-refractivity contribution in [3.05, 3.63) is 34.4 Å². The smallest absolute Gasteiger partial charge is 0.338 e. The van der Waals surface area contributed by atoms with Gasteiger partial charge in [0.2, 0.25) is 0 Å². The second-order valence-electron chi connectivity index (χ2n) is 10.6. The van der Waals surface area contributed by atoms with Crippen molar-refractivity contribution in [3.63, 3.8) is 0 Å². The average molecular weight is 421 g/mol. The lowest BCUT2D eigenvalue weighted by atomic mass is 9.84. The molecule has 0 atom stereocenters. The van der Waals surface area contributed by atoms with Gasteiger partial charge in [0.1, 0.15) is 0 Å². The number of rotatable bonds is 9. The highest BCUT2D eigenvalue weighted by Gasteiger charge is 2.36. The van der Waals surface area contributed by atoms with E-state index in [1.54, 1.807) is 0 Å². The molecule has 0 aliphatic heterocycles. The van der Waals surface area contributed by atoms with E-state index >= 15 is 0 Å². The Morgan fingerprint density at radius 2 is 1.38 bits per heavy atom. The van der Waals surface area contributed by atoms with Crippen LogP contribution < -0.4 is 0 Å². The Morgan fingerprint density at radius 1 is 0.897 bits per heavy atom. The van der Waals surface area contributed by atoms with E-state index in [1.165, 1.54) is 5.56 Å². The molecule has 166 valence electrons. The van der Waals surface area contributed by atoms with Gasteiger partial charge in [-0.05, 0) is 52.6 Å². The highest BCUT2D eigenvalue weighted by Crippen LogP contribution is 2.36. The van der Waals surface area contributed by atoms with Crippen LogP contribution in [0.2, 0.25) is 18.1 Å². The molecule has 1 rings (SSSR count). The van der Waals surface area contributed by atoms with Gasteiger partial charge >= 0.3 is 5.97 Å². The summed E-state index contributed by atoms with van der Waals surface area (Å²) in [6, 6.07) is 4.39. The summed E-state index contributed by atoms with van der Waals surface area (Å²) < 4.78 is 11.9. The minimum atomic E-state index is -1.75. The van der Waals surface area contributed by atoms with Crippen molar-refractivity contribution in [2.75, 3.05) is 13.2 Å². The number of ether oxygens (including phenoxy) is 1. The lowest BCUT2D eigenvalue weighted by Gasteiger charge is -2.36. The molecule has 0 aromatic heterocycles. The first-order valence-corrected chi connectivity index (χ1v) is 14.1. The summed E-state index contributed by atoms with van der Waals surface area (Å²) >= 11 is 0. The lowest BCUT2D eigenvalue weighted by molar-refractivity contribution is 0.0480. The normalized spacial score (nSPS) is 12.9. The molecule has 0 N–H and O–H groups in total. The highest BCUT2D eigenvalue weighted by atomic mass is 28.4. The van der Waals surface area contributed by atoms with Crippen LogP contribution in [0.15, 0.2) is 12.1 Å². The van der Waals surface area contributed by atoms with Crippen LogP contribution in [0.1, 0.15) is 114 Å². The summed E-state index contributed by atoms with van der Waals surface area (Å²) in [5.41, 5.74) is 4.26. The Morgan fingerprint density at radius 3 is 1.76 bits per heavy atom. The summed E-state index contributed by atoms with van der Waals surface area (Å²) in [4.78, 5) is 13.0. The maximum atomic E-state index is 13.0. The molecule has 0 fully saturated rings. The number of hydrogen-bond acceptors (Lipinski definition) is 3. The Kier molecular flexibility index (Phi) is 9.16. The van der Waals surface area contributed by atoms with E-state index in [0.29, 0.717) is 19.1 Å². The maximum Gasteiger partial charge on any atom is 0.338 e. The fourth-order valence-electron chi connectivity index (χ4n) is 3.03. The number of esters is 1. The van der Waals surface area contributed by atoms with E-state index in [4.69, 9.17) is 9.16 Å². The third kappa shape index (κ3) is 6.96. The molecule has 29 heavy (non-hydrogen) atoms. The molecular weight excluding hydrogens is 376 g/mol. The molecule has 0 aliphatic carbocycles. The fourth-order valence-corrected chi connectivity index (χ4v) is 4.12. The molecule has 0 bridgehead atoms. The Balaban J connectivity index is 2.91. The van der Waals surface area contributed by atoms with Gasteiger partial charge < -0.3 is 9.16 Å². The summed E-state index contributed by atoms with van der Waals surface area (Å²) in [7, 11) is -1.75. The molecule has 0 spiro atoms. The van der Waals surface area contributed by atoms with Crippen molar-refractivity contribution in [2.24, 2.45) is 0 Å². The van der Waals surface area contributed by atoms with E-state index in [9.17, 15) is 4.79 Å². The zero-order chi connectivity index (χ0) is 22.6. The number of carbonyl (C=O) groups excluding carboxylic acids is 1. The van der Waals surface area contributed by atoms with E-state index in [1.807, 2.05) is 0 Å². The van der Waals surface area contributed by atoms with Crippen LogP contribution in [0, 0.1) is 0 Å². The number of carbonyl (C=O) groups is 1. The van der Waals surface area contributed by atoms with Crippen LogP contribution in [0.5, 0.6) is 0 Å². The van der Waals surface area contributed by atoms with Gasteiger partial charge in [-0.15, -0.1) is 0 Å². The van der Waals surface area contributed by atoms with Crippen LogP contribution in [-0.2, 0) is 9.16 Å². The summed E-state index contributed by atoms with van der Waals surface area (Å²) in [5, 5.41) is 0.195. The summed E-state index contributed by atoms with van der Waals surface area (Å²) in [6.07, 6.45) is 0.732. The van der Waals surface area contributed by atoms with Crippen molar-refractivity contribution in [1.29, 1.82) is 0 Å². The molecule has 4 heteroatoms. The van der Waals surface area contributed by atoms with Gasteiger partial charge in [-0.25, -0.2) is 4.79 Å². The van der Waals surface area contributed by atoms with Crippen molar-refractivity contribution in [3.8, 4) is 0 Å². The van der Waals surface area contributed by atoms with Gasteiger partial charge in [-0.1, -0.05) is 74.4 Å². The first-order valence-electron chi connectivity index (χ1n) is 11.2. The monoisotopic (exact) mass is 420 g/mol. The van der Waals surface area contributed by atoms with E-state index in [0.717, 1.165) is 23.1 Å². The lowest BCUT2D eigenvalue weighted by Crippen LogP contribution is -2.41. The minimum Gasteiger partial charge on any atom is -0.462 e. The van der Waals surface area contributed by atoms with Crippen molar-refractivity contribution >= 4 is 14.3 Å². The van der Waals surface area contributed by atoms with Crippen molar-refractivity contribution < 1.29 is 14.0 Å². The van der Waals surface area contributed by atoms with E-state index < -0.39 is 8.32 Å². The average Bonchev–Trinajstić information content (AvgIpc) is 2.58. The van der Waals surface area contributed by atoms with Crippen LogP contribution in [0.4, 0.5) is 0 Å².